The smallest absolute Gasteiger partial charge is 0.333 e. The molecule has 0 bridgehead atoms. The number of carbonyl (C=O) groups excluding carboxylic acids is 1. The molecule has 1 aliphatic carbocycles. The number of para-hydroxylation sites is 1. The molecule has 0 fully saturated rings. The molecule has 0 radical (unpaired) electrons. The van der Waals surface area contributed by atoms with Crippen LogP contribution in [0.1, 0.15) is 17.5 Å². The first-order valence-electron chi connectivity index (χ1n) is 8.51. The molecule has 1 heterocycles. The number of allylic oxidation sites excluding steroid dienone is 1. The second kappa shape index (κ2) is 5.92. The number of hydrogen-bond donors (Lipinski definition) is 0. The van der Waals surface area contributed by atoms with Crippen molar-refractivity contribution in [3.8, 4) is 0 Å². The monoisotopic (exact) mass is 331 g/mol. The summed E-state index contributed by atoms with van der Waals surface area (Å²) in [5.74, 6) is -0.233. The molecule has 0 saturated heterocycles. The van der Waals surface area contributed by atoms with E-state index in [4.69, 9.17) is 4.74 Å². The molecule has 0 unspecified atom stereocenters. The summed E-state index contributed by atoms with van der Waals surface area (Å²) in [4.78, 5) is 14.5. The van der Waals surface area contributed by atoms with Gasteiger partial charge in [0.15, 0.2) is 0 Å². The number of anilines is 1. The van der Waals surface area contributed by atoms with E-state index in [2.05, 4.69) is 54.4 Å². The lowest BCUT2D eigenvalue weighted by molar-refractivity contribution is -0.136. The lowest BCUT2D eigenvalue weighted by atomic mass is 9.75. The van der Waals surface area contributed by atoms with Gasteiger partial charge in [-0.15, -0.1) is 0 Å². The van der Waals surface area contributed by atoms with Crippen molar-refractivity contribution in [3.05, 3.63) is 82.9 Å². The fraction of sp³-hybridized carbons (Fsp3) is 0.227. The van der Waals surface area contributed by atoms with E-state index in [-0.39, 0.29) is 11.4 Å². The molecule has 0 N–H and O–H groups in total. The Hall–Kier alpha value is -2.81. The molecule has 3 heteroatoms. The van der Waals surface area contributed by atoms with E-state index >= 15 is 0 Å². The molecule has 2 aromatic rings. The highest BCUT2D eigenvalue weighted by Crippen LogP contribution is 2.52. The van der Waals surface area contributed by atoms with E-state index in [1.54, 1.807) is 0 Å². The SMILES string of the molecule is COC(=O)C1=C/C(=C/c2ccccc2)[C@@]2(C1)CN(C)c1ccccc12. The van der Waals surface area contributed by atoms with Crippen molar-refractivity contribution in [3.63, 3.8) is 0 Å². The molecule has 0 amide bonds. The third kappa shape index (κ3) is 2.47. The first kappa shape index (κ1) is 15.7. The van der Waals surface area contributed by atoms with Crippen LogP contribution in [0.3, 0.4) is 0 Å². The highest BCUT2D eigenvalue weighted by Gasteiger charge is 2.48. The molecule has 1 atom stereocenters. The molecular weight excluding hydrogens is 310 g/mol. The van der Waals surface area contributed by atoms with E-state index in [1.165, 1.54) is 23.9 Å². The van der Waals surface area contributed by atoms with Crippen molar-refractivity contribution in [1.29, 1.82) is 0 Å². The van der Waals surface area contributed by atoms with Gasteiger partial charge in [0, 0.05) is 30.3 Å². The minimum absolute atomic E-state index is 0.190. The van der Waals surface area contributed by atoms with Gasteiger partial charge >= 0.3 is 5.97 Å². The minimum atomic E-state index is -0.233. The quantitative estimate of drug-likeness (QED) is 0.780. The van der Waals surface area contributed by atoms with Crippen LogP contribution in [0.4, 0.5) is 5.69 Å². The van der Waals surface area contributed by atoms with Crippen LogP contribution < -0.4 is 4.90 Å². The second-order valence-electron chi connectivity index (χ2n) is 6.80. The maximum absolute atomic E-state index is 12.2. The fourth-order valence-electron chi connectivity index (χ4n) is 4.16. The second-order valence-corrected chi connectivity index (χ2v) is 6.80. The number of carbonyl (C=O) groups is 1. The first-order valence-corrected chi connectivity index (χ1v) is 8.51. The average molecular weight is 331 g/mol. The number of likely N-dealkylation sites (N-methyl/N-ethyl adjacent to an activating group) is 1. The normalized spacial score (nSPS) is 23.0. The van der Waals surface area contributed by atoms with Crippen molar-refractivity contribution in [2.24, 2.45) is 0 Å². The lowest BCUT2D eigenvalue weighted by Gasteiger charge is -2.27. The van der Waals surface area contributed by atoms with Crippen LogP contribution in [-0.2, 0) is 14.9 Å². The number of nitrogens with zero attached hydrogens (tertiary/aromatic N) is 1. The topological polar surface area (TPSA) is 29.5 Å². The third-order valence-corrected chi connectivity index (χ3v) is 5.28. The summed E-state index contributed by atoms with van der Waals surface area (Å²) in [5, 5.41) is 0. The third-order valence-electron chi connectivity index (χ3n) is 5.28. The summed E-state index contributed by atoms with van der Waals surface area (Å²) in [6.45, 7) is 0.863. The van der Waals surface area contributed by atoms with Gasteiger partial charge in [0.1, 0.15) is 0 Å². The number of hydrogen-bond acceptors (Lipinski definition) is 3. The zero-order chi connectivity index (χ0) is 17.4. The number of fused-ring (bicyclic) bond motifs is 2. The summed E-state index contributed by atoms with van der Waals surface area (Å²) in [7, 11) is 3.56. The molecule has 3 nitrogen and oxygen atoms in total. The fourth-order valence-corrected chi connectivity index (χ4v) is 4.16. The molecule has 25 heavy (non-hydrogen) atoms. The zero-order valence-corrected chi connectivity index (χ0v) is 14.5. The van der Waals surface area contributed by atoms with Crippen LogP contribution in [0, 0.1) is 0 Å². The zero-order valence-electron chi connectivity index (χ0n) is 14.5. The van der Waals surface area contributed by atoms with Gasteiger partial charge in [-0.3, -0.25) is 0 Å². The highest BCUT2D eigenvalue weighted by atomic mass is 16.5. The predicted molar refractivity (Wildman–Crippen MR) is 101 cm³/mol. The molecule has 2 aromatic carbocycles. The molecule has 0 aromatic heterocycles. The summed E-state index contributed by atoms with van der Waals surface area (Å²) in [6, 6.07) is 18.8. The van der Waals surface area contributed by atoms with Gasteiger partial charge in [-0.05, 0) is 35.3 Å². The van der Waals surface area contributed by atoms with Crippen LogP contribution in [0.5, 0.6) is 0 Å². The summed E-state index contributed by atoms with van der Waals surface area (Å²) in [6.07, 6.45) is 4.90. The minimum Gasteiger partial charge on any atom is -0.466 e. The summed E-state index contributed by atoms with van der Waals surface area (Å²) >= 11 is 0. The Labute approximate surface area is 148 Å². The maximum Gasteiger partial charge on any atom is 0.333 e. The Morgan fingerprint density at radius 1 is 1.12 bits per heavy atom. The van der Waals surface area contributed by atoms with E-state index in [0.717, 1.165) is 17.7 Å². The van der Waals surface area contributed by atoms with Crippen molar-refractivity contribution in [2.45, 2.75) is 11.8 Å². The van der Waals surface area contributed by atoms with E-state index < -0.39 is 0 Å². The van der Waals surface area contributed by atoms with Gasteiger partial charge < -0.3 is 9.64 Å². The summed E-state index contributed by atoms with van der Waals surface area (Å²) < 4.78 is 5.00. The van der Waals surface area contributed by atoms with Crippen molar-refractivity contribution in [1.82, 2.24) is 0 Å². The molecule has 126 valence electrons. The Bertz CT molecular complexity index is 882. The van der Waals surface area contributed by atoms with Crippen LogP contribution in [-0.4, -0.2) is 26.7 Å². The van der Waals surface area contributed by atoms with Crippen LogP contribution in [0.15, 0.2) is 71.8 Å². The molecule has 1 spiro atoms. The van der Waals surface area contributed by atoms with Crippen LogP contribution in [0.25, 0.3) is 6.08 Å². The highest BCUT2D eigenvalue weighted by molar-refractivity contribution is 5.92. The molecule has 1 aliphatic heterocycles. The van der Waals surface area contributed by atoms with Crippen LogP contribution in [0.2, 0.25) is 0 Å². The Morgan fingerprint density at radius 3 is 2.60 bits per heavy atom. The molecule has 0 saturated carbocycles. The molecular formula is C22H21NO2. The van der Waals surface area contributed by atoms with E-state index in [9.17, 15) is 4.79 Å². The lowest BCUT2D eigenvalue weighted by Crippen LogP contribution is -2.31. The van der Waals surface area contributed by atoms with Gasteiger partial charge in [-0.2, -0.15) is 0 Å². The summed E-state index contributed by atoms with van der Waals surface area (Å²) in [5.41, 5.74) is 5.40. The average Bonchev–Trinajstić information content (AvgIpc) is 3.14. The maximum atomic E-state index is 12.2. The van der Waals surface area contributed by atoms with Gasteiger partial charge in [0.05, 0.1) is 7.11 Å². The van der Waals surface area contributed by atoms with Crippen LogP contribution >= 0.6 is 0 Å². The number of benzene rings is 2. The number of methoxy groups -OCH3 is 1. The Morgan fingerprint density at radius 2 is 1.84 bits per heavy atom. The number of ether oxygens (including phenoxy) is 1. The molecule has 4 rings (SSSR count). The Kier molecular flexibility index (Phi) is 3.72. The Balaban J connectivity index is 1.87. The van der Waals surface area contributed by atoms with Gasteiger partial charge in [-0.25, -0.2) is 4.79 Å². The first-order chi connectivity index (χ1) is 12.1. The predicted octanol–water partition coefficient (Wildman–Crippen LogP) is 3.96. The van der Waals surface area contributed by atoms with Gasteiger partial charge in [0.25, 0.3) is 0 Å². The van der Waals surface area contributed by atoms with Crippen molar-refractivity contribution in [2.75, 3.05) is 25.6 Å². The van der Waals surface area contributed by atoms with Gasteiger partial charge in [-0.1, -0.05) is 54.6 Å². The van der Waals surface area contributed by atoms with Gasteiger partial charge in [0.2, 0.25) is 0 Å². The number of esters is 1. The van der Waals surface area contributed by atoms with E-state index in [0.29, 0.717) is 6.42 Å². The van der Waals surface area contributed by atoms with Crippen molar-refractivity contribution < 1.29 is 9.53 Å². The standard InChI is InChI=1S/C22H21NO2/c1-23-15-22(19-10-6-7-11-20(19)23)14-17(21(24)25-2)13-18(22)12-16-8-4-3-5-9-16/h3-13H,14-15H2,1-2H3/b18-12-/t22-/m1/s1. The largest absolute Gasteiger partial charge is 0.466 e. The number of rotatable bonds is 2. The van der Waals surface area contributed by atoms with Crippen molar-refractivity contribution >= 4 is 17.7 Å². The molecule has 2 aliphatic rings. The van der Waals surface area contributed by atoms with E-state index in [1.807, 2.05) is 24.3 Å².